The van der Waals surface area contributed by atoms with E-state index in [-0.39, 0.29) is 0 Å². The molecule has 2 aromatic heterocycles. The van der Waals surface area contributed by atoms with Gasteiger partial charge in [0.2, 0.25) is 5.96 Å². The molecule has 0 radical (unpaired) electrons. The Hall–Kier alpha value is -1.48. The van der Waals surface area contributed by atoms with Gasteiger partial charge in [-0.25, -0.2) is 0 Å². The summed E-state index contributed by atoms with van der Waals surface area (Å²) in [6.45, 7) is 0.995. The second kappa shape index (κ2) is 13.7. The van der Waals surface area contributed by atoms with E-state index in [4.69, 9.17) is 5.26 Å². The van der Waals surface area contributed by atoms with Crippen LogP contribution in [0.2, 0.25) is 0 Å². The maximum Gasteiger partial charge on any atom is 0.204 e. The summed E-state index contributed by atoms with van der Waals surface area (Å²) in [6.07, 6.45) is 5.32. The van der Waals surface area contributed by atoms with E-state index in [9.17, 15) is 4.21 Å². The SMILES string of the molecule is N#CNC(=NCCSCc1ncccc1Br)NCCS(=O)Cc1ncccc1Br. The minimum Gasteiger partial charge on any atom is -0.355 e. The molecule has 1 unspecified atom stereocenters. The fraction of sp³-hybridized carbons (Fsp3) is 0.333. The number of hydrogen-bond acceptors (Lipinski definition) is 6. The maximum atomic E-state index is 12.2. The third-order valence-corrected chi connectivity index (χ3v) is 7.16. The summed E-state index contributed by atoms with van der Waals surface area (Å²) < 4.78 is 14.1. The molecule has 0 aromatic carbocycles. The summed E-state index contributed by atoms with van der Waals surface area (Å²) in [7, 11) is -1.07. The number of aliphatic imine (C=N–C) groups is 1. The number of halogens is 2. The molecule has 0 bridgehead atoms. The second-order valence-electron chi connectivity index (χ2n) is 5.60. The third kappa shape index (κ3) is 9.25. The van der Waals surface area contributed by atoms with E-state index in [2.05, 4.69) is 57.5 Å². The van der Waals surface area contributed by atoms with E-state index in [1.54, 1.807) is 24.2 Å². The van der Waals surface area contributed by atoms with E-state index in [0.717, 1.165) is 31.8 Å². The number of guanidine groups is 1. The highest BCUT2D eigenvalue weighted by Gasteiger charge is 2.07. The van der Waals surface area contributed by atoms with Crippen LogP contribution in [-0.2, 0) is 22.3 Å². The molecule has 0 saturated carbocycles. The van der Waals surface area contributed by atoms with Crippen molar-refractivity contribution in [2.24, 2.45) is 4.99 Å². The molecule has 2 aromatic rings. The molecular formula is C18H20Br2N6OS2. The van der Waals surface area contributed by atoms with Crippen LogP contribution in [0.25, 0.3) is 0 Å². The molecule has 0 fully saturated rings. The quantitative estimate of drug-likeness (QED) is 0.151. The van der Waals surface area contributed by atoms with E-state index < -0.39 is 10.8 Å². The van der Waals surface area contributed by atoms with Crippen molar-refractivity contribution < 1.29 is 4.21 Å². The lowest BCUT2D eigenvalue weighted by Gasteiger charge is -2.08. The number of nitrogens with one attached hydrogen (secondary N) is 2. The molecule has 0 amide bonds. The Labute approximate surface area is 193 Å². The number of nitriles is 1. The first-order chi connectivity index (χ1) is 14.1. The van der Waals surface area contributed by atoms with Gasteiger partial charge >= 0.3 is 0 Å². The molecule has 0 aliphatic carbocycles. The van der Waals surface area contributed by atoms with Crippen molar-refractivity contribution in [3.63, 3.8) is 0 Å². The van der Waals surface area contributed by atoms with Crippen LogP contribution in [0.15, 0.2) is 50.6 Å². The smallest absolute Gasteiger partial charge is 0.204 e. The maximum absolute atomic E-state index is 12.2. The predicted molar refractivity (Wildman–Crippen MR) is 126 cm³/mol. The van der Waals surface area contributed by atoms with Crippen LogP contribution < -0.4 is 10.6 Å². The second-order valence-corrected chi connectivity index (χ2v) is 9.99. The fourth-order valence-electron chi connectivity index (χ4n) is 2.14. The molecule has 1 atom stereocenters. The van der Waals surface area contributed by atoms with E-state index in [0.29, 0.717) is 30.6 Å². The number of nitrogens with zero attached hydrogens (tertiary/aromatic N) is 4. The normalized spacial score (nSPS) is 12.2. The Morgan fingerprint density at radius 2 is 1.90 bits per heavy atom. The minimum atomic E-state index is -1.07. The highest BCUT2D eigenvalue weighted by atomic mass is 79.9. The Balaban J connectivity index is 1.70. The first-order valence-electron chi connectivity index (χ1n) is 8.65. The number of hydrogen-bond donors (Lipinski definition) is 2. The van der Waals surface area contributed by atoms with Gasteiger partial charge in [0.15, 0.2) is 6.19 Å². The Morgan fingerprint density at radius 3 is 2.55 bits per heavy atom. The average Bonchev–Trinajstić information content (AvgIpc) is 2.71. The van der Waals surface area contributed by atoms with Gasteiger partial charge in [0.1, 0.15) is 0 Å². The van der Waals surface area contributed by atoms with Gasteiger partial charge in [-0.3, -0.25) is 24.5 Å². The molecule has 0 saturated heterocycles. The monoisotopic (exact) mass is 558 g/mol. The van der Waals surface area contributed by atoms with Crippen molar-refractivity contribution in [1.82, 2.24) is 20.6 Å². The molecule has 29 heavy (non-hydrogen) atoms. The highest BCUT2D eigenvalue weighted by Crippen LogP contribution is 2.18. The number of pyridine rings is 2. The van der Waals surface area contributed by atoms with Crippen molar-refractivity contribution in [1.29, 1.82) is 5.26 Å². The van der Waals surface area contributed by atoms with Crippen LogP contribution in [0.3, 0.4) is 0 Å². The van der Waals surface area contributed by atoms with Crippen LogP contribution in [0, 0.1) is 11.5 Å². The summed E-state index contributed by atoms with van der Waals surface area (Å²) in [5.41, 5.74) is 1.77. The number of aromatic nitrogens is 2. The summed E-state index contributed by atoms with van der Waals surface area (Å²) in [5.74, 6) is 2.77. The molecule has 11 heteroatoms. The van der Waals surface area contributed by atoms with E-state index in [1.165, 1.54) is 0 Å². The molecule has 0 spiro atoms. The summed E-state index contributed by atoms with van der Waals surface area (Å²) >= 11 is 8.61. The van der Waals surface area contributed by atoms with Gasteiger partial charge in [-0.15, -0.1) is 0 Å². The van der Waals surface area contributed by atoms with Crippen molar-refractivity contribution in [2.45, 2.75) is 11.5 Å². The minimum absolute atomic E-state index is 0.376. The van der Waals surface area contributed by atoms with Crippen molar-refractivity contribution in [3.8, 4) is 6.19 Å². The predicted octanol–water partition coefficient (Wildman–Crippen LogP) is 3.20. The summed E-state index contributed by atoms with van der Waals surface area (Å²) in [5, 5.41) is 14.4. The standard InChI is InChI=1S/C18H20Br2N6OS2/c19-14-3-1-5-22-16(14)11-28-9-7-24-18(26-13-21)25-8-10-29(27)12-17-15(20)4-2-6-23-17/h1-6H,7-12H2,(H2,24,25,26). The summed E-state index contributed by atoms with van der Waals surface area (Å²) in [6, 6.07) is 7.55. The van der Waals surface area contributed by atoms with Gasteiger partial charge in [0.05, 0.1) is 23.7 Å². The number of rotatable bonds is 10. The van der Waals surface area contributed by atoms with Gasteiger partial charge in [-0.1, -0.05) is 0 Å². The lowest BCUT2D eigenvalue weighted by Crippen LogP contribution is -2.37. The molecule has 2 N–H and O–H groups in total. The van der Waals surface area contributed by atoms with Gasteiger partial charge in [-0.2, -0.15) is 17.0 Å². The van der Waals surface area contributed by atoms with Crippen LogP contribution in [0.5, 0.6) is 0 Å². The Bertz CT molecular complexity index is 891. The van der Waals surface area contributed by atoms with E-state index >= 15 is 0 Å². The van der Waals surface area contributed by atoms with Gasteiger partial charge < -0.3 is 5.32 Å². The molecule has 0 aliphatic rings. The average molecular weight is 560 g/mol. The third-order valence-electron chi connectivity index (χ3n) is 3.51. The van der Waals surface area contributed by atoms with E-state index in [1.807, 2.05) is 30.5 Å². The van der Waals surface area contributed by atoms with Gasteiger partial charge in [0, 0.05) is 55.9 Å². The Kier molecular flexibility index (Phi) is 11.2. The first-order valence-corrected chi connectivity index (χ1v) is 12.9. The lowest BCUT2D eigenvalue weighted by molar-refractivity contribution is 0.680. The lowest BCUT2D eigenvalue weighted by atomic mass is 10.4. The molecule has 2 heterocycles. The zero-order valence-corrected chi connectivity index (χ0v) is 20.3. The molecule has 7 nitrogen and oxygen atoms in total. The van der Waals surface area contributed by atoms with Crippen molar-refractivity contribution in [3.05, 3.63) is 57.0 Å². The molecular weight excluding hydrogens is 540 g/mol. The molecule has 154 valence electrons. The van der Waals surface area contributed by atoms with Crippen molar-refractivity contribution >= 4 is 60.4 Å². The molecule has 0 aliphatic heterocycles. The number of thioether (sulfide) groups is 1. The zero-order valence-electron chi connectivity index (χ0n) is 15.5. The first kappa shape index (κ1) is 23.8. The Morgan fingerprint density at radius 1 is 1.21 bits per heavy atom. The molecule has 2 rings (SSSR count). The van der Waals surface area contributed by atoms with Gasteiger partial charge in [0.25, 0.3) is 0 Å². The zero-order chi connectivity index (χ0) is 20.9. The largest absolute Gasteiger partial charge is 0.355 e. The van der Waals surface area contributed by atoms with Crippen LogP contribution in [0.1, 0.15) is 11.4 Å². The summed E-state index contributed by atoms with van der Waals surface area (Å²) in [4.78, 5) is 12.9. The highest BCUT2D eigenvalue weighted by molar-refractivity contribution is 9.10. The topological polar surface area (TPSA) is 103 Å². The fourth-order valence-corrected chi connectivity index (χ4v) is 5.10. The van der Waals surface area contributed by atoms with Crippen LogP contribution >= 0.6 is 43.6 Å². The van der Waals surface area contributed by atoms with Crippen LogP contribution in [-0.4, -0.2) is 44.7 Å². The van der Waals surface area contributed by atoms with Gasteiger partial charge in [-0.05, 0) is 56.1 Å². The van der Waals surface area contributed by atoms with Crippen LogP contribution in [0.4, 0.5) is 0 Å². The van der Waals surface area contributed by atoms with Crippen molar-refractivity contribution in [2.75, 3.05) is 24.6 Å².